The predicted octanol–water partition coefficient (Wildman–Crippen LogP) is 4.59. The van der Waals surface area contributed by atoms with Crippen LogP contribution in [-0.2, 0) is 33.2 Å². The van der Waals surface area contributed by atoms with Crippen LogP contribution in [0.5, 0.6) is 0 Å². The van der Waals surface area contributed by atoms with Crippen LogP contribution in [0, 0.1) is 0 Å². The Kier molecular flexibility index (Phi) is 37.7. The molecule has 0 radical (unpaired) electrons. The van der Waals surface area contributed by atoms with Crippen molar-refractivity contribution < 1.29 is 89.4 Å². The Morgan fingerprint density at radius 3 is 1.42 bits per heavy atom. The fraction of sp³-hybridized carbons (Fsp3) is 0.717. The van der Waals surface area contributed by atoms with E-state index in [1.165, 1.54) is 19.3 Å². The topological polar surface area (TPSA) is 307 Å². The fourth-order valence-corrected chi connectivity index (χ4v) is 9.07. The van der Waals surface area contributed by atoms with Crippen LogP contribution in [0.1, 0.15) is 142 Å². The molecule has 0 bridgehead atoms. The van der Waals surface area contributed by atoms with Crippen molar-refractivity contribution in [1.29, 1.82) is 0 Å². The van der Waals surface area contributed by atoms with Crippen molar-refractivity contribution in [2.24, 2.45) is 0 Å². The lowest BCUT2D eigenvalue weighted by atomic mass is 9.96. The predicted molar refractivity (Wildman–Crippen MR) is 300 cm³/mol. The fourth-order valence-electron chi connectivity index (χ4n) is 9.07. The molecule has 19 heteroatoms. The van der Waals surface area contributed by atoms with Gasteiger partial charge in [0.2, 0.25) is 5.91 Å². The summed E-state index contributed by atoms with van der Waals surface area (Å²) in [5, 5.41) is 120. The first kappa shape index (κ1) is 70.0. The molecule has 1 amide bonds. The zero-order valence-electron chi connectivity index (χ0n) is 46.8. The number of nitrogens with one attached hydrogen (secondary N) is 1. The summed E-state index contributed by atoms with van der Waals surface area (Å²) in [5.74, 6) is -0.315. The molecule has 79 heavy (non-hydrogen) atoms. The van der Waals surface area contributed by atoms with Gasteiger partial charge in [0, 0.05) is 6.42 Å². The van der Waals surface area contributed by atoms with Crippen LogP contribution in [0.4, 0.5) is 0 Å². The molecule has 0 aromatic heterocycles. The Morgan fingerprint density at radius 1 is 0.468 bits per heavy atom. The van der Waals surface area contributed by atoms with Crippen LogP contribution < -0.4 is 5.32 Å². The second-order valence-electron chi connectivity index (χ2n) is 20.3. The van der Waals surface area contributed by atoms with Crippen molar-refractivity contribution in [3.8, 4) is 0 Å². The van der Waals surface area contributed by atoms with E-state index in [4.69, 9.17) is 28.4 Å². The minimum Gasteiger partial charge on any atom is -0.394 e. The lowest BCUT2D eigenvalue weighted by molar-refractivity contribution is -0.379. The number of unbranched alkanes of at least 4 members (excludes halogenated alkanes) is 10. The van der Waals surface area contributed by atoms with E-state index < -0.39 is 124 Å². The number of allylic oxidation sites excluding steroid dienone is 15. The third-order valence-electron chi connectivity index (χ3n) is 13.8. The summed E-state index contributed by atoms with van der Waals surface area (Å²) >= 11 is 0. The largest absolute Gasteiger partial charge is 0.394 e. The molecule has 0 aromatic rings. The van der Waals surface area contributed by atoms with Gasteiger partial charge in [0.05, 0.1) is 38.6 Å². The Morgan fingerprint density at radius 2 is 0.886 bits per heavy atom. The van der Waals surface area contributed by atoms with Crippen LogP contribution in [0.2, 0.25) is 0 Å². The molecule has 0 spiro atoms. The van der Waals surface area contributed by atoms with E-state index in [0.29, 0.717) is 12.8 Å². The molecule has 3 aliphatic rings. The quantitative estimate of drug-likeness (QED) is 0.0295. The number of amides is 1. The van der Waals surface area contributed by atoms with Crippen molar-refractivity contribution in [1.82, 2.24) is 5.32 Å². The monoisotopic (exact) mass is 1120 g/mol. The number of carbonyl (C=O) groups excluding carboxylic acids is 1. The lowest BCUT2D eigenvalue weighted by Gasteiger charge is -2.48. The molecule has 19 nitrogen and oxygen atoms in total. The summed E-state index contributed by atoms with van der Waals surface area (Å²) in [4.78, 5) is 13.3. The van der Waals surface area contributed by atoms with Gasteiger partial charge in [0.25, 0.3) is 0 Å². The molecule has 17 atom stereocenters. The number of hydrogen-bond donors (Lipinski definition) is 12. The van der Waals surface area contributed by atoms with E-state index in [1.54, 1.807) is 6.08 Å². The van der Waals surface area contributed by atoms with Gasteiger partial charge >= 0.3 is 0 Å². The van der Waals surface area contributed by atoms with Crippen LogP contribution in [0.25, 0.3) is 0 Å². The molecule has 3 aliphatic heterocycles. The molecular formula is C60H99NO18. The summed E-state index contributed by atoms with van der Waals surface area (Å²) in [6.07, 6.45) is 25.3. The molecule has 3 saturated heterocycles. The SMILES string of the molecule is CC/C=C\C/C=C\C/C=C\C/C=C\C/C=C\CCCCCCCC(=O)NC(COC1OC(CO)C(OC2OC(CO)C(OC3OC(CO)C(O)C(O)C3O)C(O)C2O)C(O)C1O)C(O)/C=C/CC/C=C/CC/C=C/CCCCC. The Hall–Kier alpha value is -3.29. The van der Waals surface area contributed by atoms with E-state index in [9.17, 15) is 61.0 Å². The van der Waals surface area contributed by atoms with E-state index in [0.717, 1.165) is 89.9 Å². The number of aliphatic hydroxyl groups is 11. The highest BCUT2D eigenvalue weighted by atomic mass is 16.8. The van der Waals surface area contributed by atoms with Crippen molar-refractivity contribution >= 4 is 5.91 Å². The van der Waals surface area contributed by atoms with Crippen LogP contribution >= 0.6 is 0 Å². The molecule has 12 N–H and O–H groups in total. The number of hydrogen-bond acceptors (Lipinski definition) is 18. The second-order valence-corrected chi connectivity index (χ2v) is 20.3. The third-order valence-corrected chi connectivity index (χ3v) is 13.8. The second kappa shape index (κ2) is 42.5. The molecule has 3 fully saturated rings. The van der Waals surface area contributed by atoms with Gasteiger partial charge in [0.1, 0.15) is 73.2 Å². The average Bonchev–Trinajstić information content (AvgIpc) is 3.45. The number of aliphatic hydroxyl groups excluding tert-OH is 11. The first-order valence-electron chi connectivity index (χ1n) is 29.0. The maximum Gasteiger partial charge on any atom is 0.220 e. The van der Waals surface area contributed by atoms with Gasteiger partial charge in [0.15, 0.2) is 18.9 Å². The zero-order chi connectivity index (χ0) is 57.6. The molecule has 0 aromatic carbocycles. The van der Waals surface area contributed by atoms with Crippen molar-refractivity contribution in [2.45, 2.75) is 247 Å². The average molecular weight is 1120 g/mol. The number of carbonyl (C=O) groups is 1. The molecular weight excluding hydrogens is 1020 g/mol. The Balaban J connectivity index is 1.52. The van der Waals surface area contributed by atoms with Gasteiger partial charge in [-0.25, -0.2) is 0 Å². The summed E-state index contributed by atoms with van der Waals surface area (Å²) in [6.45, 7) is 1.49. The third kappa shape index (κ3) is 26.7. The smallest absolute Gasteiger partial charge is 0.220 e. The summed E-state index contributed by atoms with van der Waals surface area (Å²) in [6, 6.07) is -1.01. The molecule has 3 rings (SSSR count). The number of rotatable bonds is 40. The minimum atomic E-state index is -1.99. The summed E-state index contributed by atoms with van der Waals surface area (Å²) in [7, 11) is 0. The van der Waals surface area contributed by atoms with Gasteiger partial charge in [-0.15, -0.1) is 0 Å². The van der Waals surface area contributed by atoms with Crippen molar-refractivity contribution in [3.05, 3.63) is 97.2 Å². The highest BCUT2D eigenvalue weighted by Crippen LogP contribution is 2.33. The summed E-state index contributed by atoms with van der Waals surface area (Å²) in [5.41, 5.74) is 0. The van der Waals surface area contributed by atoms with Crippen molar-refractivity contribution in [3.63, 3.8) is 0 Å². The van der Waals surface area contributed by atoms with E-state index >= 15 is 0 Å². The van der Waals surface area contributed by atoms with E-state index in [1.807, 2.05) is 6.08 Å². The van der Waals surface area contributed by atoms with Gasteiger partial charge in [-0.05, 0) is 89.9 Å². The molecule has 17 unspecified atom stereocenters. The van der Waals surface area contributed by atoms with Crippen molar-refractivity contribution in [2.75, 3.05) is 26.4 Å². The van der Waals surface area contributed by atoms with Crippen LogP contribution in [-0.4, -0.2) is 193 Å². The van der Waals surface area contributed by atoms with E-state index in [-0.39, 0.29) is 18.9 Å². The lowest BCUT2D eigenvalue weighted by Crippen LogP contribution is -2.66. The van der Waals surface area contributed by atoms with Gasteiger partial charge in [-0.3, -0.25) is 4.79 Å². The minimum absolute atomic E-state index is 0.203. The van der Waals surface area contributed by atoms with Gasteiger partial charge in [-0.1, -0.05) is 143 Å². The zero-order valence-corrected chi connectivity index (χ0v) is 46.8. The normalized spacial score (nSPS) is 31.0. The van der Waals surface area contributed by atoms with Crippen LogP contribution in [0.15, 0.2) is 97.2 Å². The van der Waals surface area contributed by atoms with Gasteiger partial charge in [-0.2, -0.15) is 0 Å². The maximum absolute atomic E-state index is 13.3. The van der Waals surface area contributed by atoms with E-state index in [2.05, 4.69) is 104 Å². The maximum atomic E-state index is 13.3. The number of ether oxygens (including phenoxy) is 6. The van der Waals surface area contributed by atoms with Crippen LogP contribution in [0.3, 0.4) is 0 Å². The first-order chi connectivity index (χ1) is 38.3. The highest BCUT2D eigenvalue weighted by molar-refractivity contribution is 5.76. The summed E-state index contributed by atoms with van der Waals surface area (Å²) < 4.78 is 34.1. The highest BCUT2D eigenvalue weighted by Gasteiger charge is 2.53. The molecule has 452 valence electrons. The van der Waals surface area contributed by atoms with Gasteiger partial charge < -0.3 is 89.9 Å². The Labute approximate surface area is 469 Å². The molecule has 0 aliphatic carbocycles. The first-order valence-corrected chi connectivity index (χ1v) is 29.0. The molecule has 0 saturated carbocycles. The molecule has 3 heterocycles. The standard InChI is InChI=1S/C60H99NO18/c1-3-5-7-9-11-13-15-17-18-19-20-21-22-23-24-26-28-30-32-34-36-38-48(66)61-43(44(65)37-35-33-31-29-27-25-16-14-12-10-8-6-4-2)42-74-58-54(72)51(69)56(46(40-63)76-58)79-60-55(73)52(70)57(47(41-64)77-60)78-59-53(71)50(68)49(67)45(39-62)75-59/h5,7,11-14,17-18,20-21,23-24,27,29,35,37,43-47,49-60,62-65,67-73H,3-4,6,8-10,15-16,19,22,25-26,28,30-34,36,38-42H2,1-2H3,(H,61,66)/b7-5-,13-11-,14-12+,18-17-,21-20-,24-23-,29-27+,37-35+. The Bertz CT molecular complexity index is 1820.